The van der Waals surface area contributed by atoms with Crippen LogP contribution in [0.25, 0.3) is 0 Å². The number of likely N-dealkylation sites (N-methyl/N-ethyl adjacent to an activating group) is 1. The molecule has 3 heteroatoms. The maximum atomic E-state index is 5.35. The summed E-state index contributed by atoms with van der Waals surface area (Å²) in [7, 11) is 3.93. The molecule has 12 heavy (non-hydrogen) atoms. The Bertz CT molecular complexity index is 203. The minimum Gasteiger partial charge on any atom is -0.380 e. The van der Waals surface area contributed by atoms with Crippen molar-refractivity contribution in [3.8, 4) is 0 Å². The zero-order chi connectivity index (χ0) is 8.55. The molecule has 0 saturated carbocycles. The lowest BCUT2D eigenvalue weighted by molar-refractivity contribution is -0.0240. The van der Waals surface area contributed by atoms with Crippen LogP contribution in [0.2, 0.25) is 0 Å². The van der Waals surface area contributed by atoms with E-state index >= 15 is 0 Å². The fourth-order valence-electron chi connectivity index (χ4n) is 1.93. The Morgan fingerprint density at radius 1 is 1.58 bits per heavy atom. The third kappa shape index (κ3) is 1.23. The van der Waals surface area contributed by atoms with Crippen molar-refractivity contribution in [3.63, 3.8) is 0 Å². The van der Waals surface area contributed by atoms with Gasteiger partial charge in [0.05, 0.1) is 12.6 Å². The third-order valence-corrected chi connectivity index (χ3v) is 2.77. The average Bonchev–Trinajstić information content (AvgIpc) is 2.47. The largest absolute Gasteiger partial charge is 0.380 e. The predicted octanol–water partition coefficient (Wildman–Crippen LogP) is 0.842. The van der Waals surface area contributed by atoms with Gasteiger partial charge >= 0.3 is 0 Å². The Labute approximate surface area is 73.6 Å². The van der Waals surface area contributed by atoms with E-state index in [9.17, 15) is 0 Å². The predicted molar refractivity (Wildman–Crippen MR) is 47.5 cm³/mol. The van der Waals surface area contributed by atoms with Crippen LogP contribution in [0.15, 0.2) is 11.8 Å². The average molecular weight is 168 g/mol. The summed E-state index contributed by atoms with van der Waals surface area (Å²) in [4.78, 5) is 0. The van der Waals surface area contributed by atoms with Gasteiger partial charge in [0.2, 0.25) is 0 Å². The van der Waals surface area contributed by atoms with Crippen molar-refractivity contribution < 1.29 is 4.74 Å². The molecule has 2 rings (SSSR count). The first-order chi connectivity index (χ1) is 5.81. The van der Waals surface area contributed by atoms with Gasteiger partial charge in [0.15, 0.2) is 0 Å². The van der Waals surface area contributed by atoms with Gasteiger partial charge in [-0.3, -0.25) is 0 Å². The highest BCUT2D eigenvalue weighted by Gasteiger charge is 2.28. The van der Waals surface area contributed by atoms with Gasteiger partial charge in [-0.15, -0.1) is 0 Å². The van der Waals surface area contributed by atoms with E-state index in [4.69, 9.17) is 4.74 Å². The Morgan fingerprint density at radius 3 is 3.17 bits per heavy atom. The van der Waals surface area contributed by atoms with Crippen molar-refractivity contribution in [2.45, 2.75) is 18.9 Å². The lowest BCUT2D eigenvalue weighted by atomic mass is 10.1. The molecular formula is C9H16N2O. The van der Waals surface area contributed by atoms with E-state index in [1.165, 1.54) is 18.5 Å². The highest BCUT2D eigenvalue weighted by atomic mass is 16.5. The van der Waals surface area contributed by atoms with E-state index in [0.717, 1.165) is 13.1 Å². The summed E-state index contributed by atoms with van der Waals surface area (Å²) in [5, 5.41) is 4.58. The van der Waals surface area contributed by atoms with Gasteiger partial charge in [-0.05, 0) is 18.9 Å². The Morgan fingerprint density at radius 2 is 2.42 bits per heavy atom. The normalized spacial score (nSPS) is 30.3. The molecule has 1 atom stereocenters. The van der Waals surface area contributed by atoms with Crippen LogP contribution in [0.4, 0.5) is 0 Å². The maximum Gasteiger partial charge on any atom is 0.0765 e. The van der Waals surface area contributed by atoms with Crippen LogP contribution >= 0.6 is 0 Å². The second kappa shape index (κ2) is 3.07. The van der Waals surface area contributed by atoms with E-state index in [0.29, 0.717) is 6.10 Å². The van der Waals surface area contributed by atoms with Crippen LogP contribution in [0.1, 0.15) is 12.8 Å². The molecule has 0 aliphatic carbocycles. The fourth-order valence-corrected chi connectivity index (χ4v) is 1.93. The van der Waals surface area contributed by atoms with Crippen LogP contribution < -0.4 is 0 Å². The second-order valence-corrected chi connectivity index (χ2v) is 3.51. The number of hydrogen-bond donors (Lipinski definition) is 0. The van der Waals surface area contributed by atoms with Gasteiger partial charge in [-0.1, -0.05) is 0 Å². The standard InChI is InChI=1S/C9H16N2O/c1-10-6-5-8-3-4-9(12-2)7-11(8)10/h5,9H,3-4,6-7H2,1-2H3. The SMILES string of the molecule is COC1CCC2=CCN(C)N2C1. The molecule has 0 amide bonds. The summed E-state index contributed by atoms with van der Waals surface area (Å²) in [6.07, 6.45) is 5.07. The number of nitrogens with zero attached hydrogens (tertiary/aromatic N) is 2. The first-order valence-corrected chi connectivity index (χ1v) is 4.51. The lowest BCUT2D eigenvalue weighted by Gasteiger charge is -2.36. The van der Waals surface area contributed by atoms with Crippen molar-refractivity contribution in [1.82, 2.24) is 10.0 Å². The minimum atomic E-state index is 0.419. The van der Waals surface area contributed by atoms with E-state index in [-0.39, 0.29) is 0 Å². The van der Waals surface area contributed by atoms with Crippen molar-refractivity contribution in [2.75, 3.05) is 27.2 Å². The zero-order valence-corrected chi connectivity index (χ0v) is 7.79. The lowest BCUT2D eigenvalue weighted by Crippen LogP contribution is -2.43. The topological polar surface area (TPSA) is 15.7 Å². The Kier molecular flexibility index (Phi) is 2.07. The molecule has 0 aromatic heterocycles. The number of piperidine rings is 1. The minimum absolute atomic E-state index is 0.419. The Hall–Kier alpha value is -0.540. The summed E-state index contributed by atoms with van der Waals surface area (Å²) in [6, 6.07) is 0. The quantitative estimate of drug-likeness (QED) is 0.577. The molecule has 1 saturated heterocycles. The van der Waals surface area contributed by atoms with Crippen LogP contribution in [0, 0.1) is 0 Å². The molecule has 0 radical (unpaired) electrons. The molecule has 3 nitrogen and oxygen atoms in total. The summed E-state index contributed by atoms with van der Waals surface area (Å²) in [6.45, 7) is 2.09. The van der Waals surface area contributed by atoms with Crippen LogP contribution in [-0.2, 0) is 4.74 Å². The molecule has 0 aromatic rings. The van der Waals surface area contributed by atoms with Gasteiger partial charge in [-0.2, -0.15) is 0 Å². The van der Waals surface area contributed by atoms with Crippen molar-refractivity contribution in [3.05, 3.63) is 11.8 Å². The molecule has 0 aromatic carbocycles. The van der Waals surface area contributed by atoms with Crippen molar-refractivity contribution >= 4 is 0 Å². The molecule has 1 fully saturated rings. The molecule has 0 bridgehead atoms. The van der Waals surface area contributed by atoms with Crippen LogP contribution in [0.3, 0.4) is 0 Å². The van der Waals surface area contributed by atoms with E-state index in [1.54, 1.807) is 7.11 Å². The first kappa shape index (κ1) is 8.08. The highest BCUT2D eigenvalue weighted by molar-refractivity contribution is 5.09. The highest BCUT2D eigenvalue weighted by Crippen LogP contribution is 2.26. The van der Waals surface area contributed by atoms with Crippen molar-refractivity contribution in [1.29, 1.82) is 0 Å². The monoisotopic (exact) mass is 168 g/mol. The Balaban J connectivity index is 2.03. The summed E-state index contributed by atoms with van der Waals surface area (Å²) in [5.41, 5.74) is 1.48. The molecule has 2 heterocycles. The van der Waals surface area contributed by atoms with Crippen LogP contribution in [-0.4, -0.2) is 43.4 Å². The number of hydrogen-bond acceptors (Lipinski definition) is 3. The maximum absolute atomic E-state index is 5.35. The summed E-state index contributed by atoms with van der Waals surface area (Å²) >= 11 is 0. The zero-order valence-electron chi connectivity index (χ0n) is 7.79. The molecule has 2 aliphatic rings. The first-order valence-electron chi connectivity index (χ1n) is 4.51. The van der Waals surface area contributed by atoms with Crippen LogP contribution in [0.5, 0.6) is 0 Å². The smallest absolute Gasteiger partial charge is 0.0765 e. The number of ether oxygens (including phenoxy) is 1. The van der Waals surface area contributed by atoms with Crippen molar-refractivity contribution in [2.24, 2.45) is 0 Å². The van der Waals surface area contributed by atoms with E-state index in [1.807, 2.05) is 0 Å². The molecular weight excluding hydrogens is 152 g/mol. The summed E-state index contributed by atoms with van der Waals surface area (Å²) < 4.78 is 5.35. The summed E-state index contributed by atoms with van der Waals surface area (Å²) in [5.74, 6) is 0. The van der Waals surface area contributed by atoms with Gasteiger partial charge < -0.3 is 9.75 Å². The molecule has 0 N–H and O–H groups in total. The van der Waals surface area contributed by atoms with Gasteiger partial charge in [0.25, 0.3) is 0 Å². The fraction of sp³-hybridized carbons (Fsp3) is 0.778. The molecule has 2 aliphatic heterocycles. The number of hydrazine groups is 1. The second-order valence-electron chi connectivity index (χ2n) is 3.51. The number of rotatable bonds is 1. The number of allylic oxidation sites excluding steroid dienone is 1. The number of fused-ring (bicyclic) bond motifs is 1. The number of methoxy groups -OCH3 is 1. The van der Waals surface area contributed by atoms with E-state index in [2.05, 4.69) is 23.1 Å². The van der Waals surface area contributed by atoms with Gasteiger partial charge in [0, 0.05) is 26.4 Å². The van der Waals surface area contributed by atoms with E-state index < -0.39 is 0 Å². The van der Waals surface area contributed by atoms with Gasteiger partial charge in [0.1, 0.15) is 0 Å². The molecule has 68 valence electrons. The molecule has 1 unspecified atom stereocenters. The molecule has 0 spiro atoms. The third-order valence-electron chi connectivity index (χ3n) is 2.77. The van der Waals surface area contributed by atoms with Gasteiger partial charge in [-0.25, -0.2) is 5.01 Å².